The van der Waals surface area contributed by atoms with E-state index >= 15 is 0 Å². The number of nitrogens with one attached hydrogen (secondary N) is 1. The van der Waals surface area contributed by atoms with Gasteiger partial charge >= 0.3 is 0 Å². The van der Waals surface area contributed by atoms with Gasteiger partial charge in [-0.2, -0.15) is 0 Å². The Morgan fingerprint density at radius 3 is 3.05 bits per heavy atom. The topological polar surface area (TPSA) is 77.2 Å². The van der Waals surface area contributed by atoms with Crippen LogP contribution in [0.5, 0.6) is 5.75 Å². The van der Waals surface area contributed by atoms with Crippen molar-refractivity contribution in [2.24, 2.45) is 0 Å². The van der Waals surface area contributed by atoms with E-state index in [1.54, 1.807) is 35.0 Å². The largest absolute Gasteiger partial charge is 0.493 e. The predicted octanol–water partition coefficient (Wildman–Crippen LogP) is 2.10. The average molecular weight is 291 g/mol. The SMILES string of the molecule is CCOc1cccc(N)c1C(=O)NCCc1cscn1. The maximum absolute atomic E-state index is 12.2. The van der Waals surface area contributed by atoms with Gasteiger partial charge < -0.3 is 15.8 Å². The average Bonchev–Trinajstić information content (AvgIpc) is 2.92. The first-order chi connectivity index (χ1) is 9.72. The van der Waals surface area contributed by atoms with E-state index in [0.29, 0.717) is 36.6 Å². The lowest BCUT2D eigenvalue weighted by molar-refractivity contribution is 0.0951. The molecule has 5 nitrogen and oxygen atoms in total. The minimum absolute atomic E-state index is 0.221. The number of thiazole rings is 1. The minimum Gasteiger partial charge on any atom is -0.493 e. The summed E-state index contributed by atoms with van der Waals surface area (Å²) in [6, 6.07) is 5.21. The van der Waals surface area contributed by atoms with E-state index in [0.717, 1.165) is 5.69 Å². The molecule has 20 heavy (non-hydrogen) atoms. The molecule has 0 aliphatic rings. The Balaban J connectivity index is 2.01. The van der Waals surface area contributed by atoms with E-state index < -0.39 is 0 Å². The molecule has 0 saturated carbocycles. The summed E-state index contributed by atoms with van der Waals surface area (Å²) in [6.07, 6.45) is 0.700. The van der Waals surface area contributed by atoms with Crippen LogP contribution in [0.25, 0.3) is 0 Å². The molecule has 0 saturated heterocycles. The second-order valence-corrected chi connectivity index (χ2v) is 4.86. The number of carbonyl (C=O) groups is 1. The Morgan fingerprint density at radius 1 is 1.50 bits per heavy atom. The van der Waals surface area contributed by atoms with Crippen LogP contribution in [0, 0.1) is 0 Å². The molecule has 1 amide bonds. The molecule has 0 radical (unpaired) electrons. The first-order valence-electron chi connectivity index (χ1n) is 6.39. The van der Waals surface area contributed by atoms with Crippen molar-refractivity contribution in [1.29, 1.82) is 0 Å². The smallest absolute Gasteiger partial charge is 0.257 e. The standard InChI is InChI=1S/C14H17N3O2S/c1-2-19-12-5-3-4-11(15)13(12)14(18)16-7-6-10-8-20-9-17-10/h3-5,8-9H,2,6-7,15H2,1H3,(H,16,18). The zero-order chi connectivity index (χ0) is 14.4. The van der Waals surface area contributed by atoms with Gasteiger partial charge in [0.05, 0.1) is 17.8 Å². The summed E-state index contributed by atoms with van der Waals surface area (Å²) < 4.78 is 5.44. The molecule has 0 fully saturated rings. The molecule has 0 aliphatic carbocycles. The molecule has 0 aliphatic heterocycles. The van der Waals surface area contributed by atoms with Gasteiger partial charge in [-0.3, -0.25) is 4.79 Å². The van der Waals surface area contributed by atoms with Crippen LogP contribution in [0.4, 0.5) is 5.69 Å². The number of nitrogens with zero attached hydrogens (tertiary/aromatic N) is 1. The Kier molecular flexibility index (Phi) is 4.95. The van der Waals surface area contributed by atoms with Gasteiger partial charge in [-0.15, -0.1) is 11.3 Å². The number of anilines is 1. The molecule has 3 N–H and O–H groups in total. The van der Waals surface area contributed by atoms with Crippen LogP contribution in [-0.4, -0.2) is 24.0 Å². The Bertz CT molecular complexity index is 570. The maximum Gasteiger partial charge on any atom is 0.257 e. The van der Waals surface area contributed by atoms with Crippen LogP contribution in [-0.2, 0) is 6.42 Å². The highest BCUT2D eigenvalue weighted by Crippen LogP contribution is 2.24. The number of hydrogen-bond acceptors (Lipinski definition) is 5. The van der Waals surface area contributed by atoms with Crippen LogP contribution in [0.3, 0.4) is 0 Å². The molecule has 0 atom stereocenters. The number of nitrogens with two attached hydrogens (primary N) is 1. The highest BCUT2D eigenvalue weighted by Gasteiger charge is 2.15. The van der Waals surface area contributed by atoms with Crippen molar-refractivity contribution in [2.75, 3.05) is 18.9 Å². The quantitative estimate of drug-likeness (QED) is 0.799. The molecule has 6 heteroatoms. The summed E-state index contributed by atoms with van der Waals surface area (Å²) in [5.41, 5.74) is 9.43. The summed E-state index contributed by atoms with van der Waals surface area (Å²) in [7, 11) is 0. The van der Waals surface area contributed by atoms with Gasteiger partial charge in [0, 0.05) is 24.0 Å². The Labute approximate surface area is 121 Å². The zero-order valence-corrected chi connectivity index (χ0v) is 12.1. The summed E-state index contributed by atoms with van der Waals surface area (Å²) in [4.78, 5) is 16.4. The maximum atomic E-state index is 12.2. The van der Waals surface area contributed by atoms with Gasteiger partial charge in [0.2, 0.25) is 0 Å². The lowest BCUT2D eigenvalue weighted by Crippen LogP contribution is -2.27. The summed E-state index contributed by atoms with van der Waals surface area (Å²) in [6.45, 7) is 2.87. The number of nitrogen functional groups attached to an aromatic ring is 1. The van der Waals surface area contributed by atoms with Crippen LogP contribution in [0.2, 0.25) is 0 Å². The van der Waals surface area contributed by atoms with Crippen molar-refractivity contribution in [1.82, 2.24) is 10.3 Å². The second kappa shape index (κ2) is 6.91. The lowest BCUT2D eigenvalue weighted by atomic mass is 10.1. The number of rotatable bonds is 6. The van der Waals surface area contributed by atoms with Crippen molar-refractivity contribution in [3.63, 3.8) is 0 Å². The fourth-order valence-corrected chi connectivity index (χ4v) is 2.41. The highest BCUT2D eigenvalue weighted by molar-refractivity contribution is 7.07. The van der Waals surface area contributed by atoms with Gasteiger partial charge in [-0.05, 0) is 19.1 Å². The third-order valence-electron chi connectivity index (χ3n) is 2.74. The van der Waals surface area contributed by atoms with E-state index in [1.165, 1.54) is 0 Å². The van der Waals surface area contributed by atoms with Crippen molar-refractivity contribution in [2.45, 2.75) is 13.3 Å². The van der Waals surface area contributed by atoms with Gasteiger partial charge in [-0.25, -0.2) is 4.98 Å². The molecule has 1 aromatic carbocycles. The molecular weight excluding hydrogens is 274 g/mol. The molecule has 0 bridgehead atoms. The van der Waals surface area contributed by atoms with Crippen LogP contribution < -0.4 is 15.8 Å². The van der Waals surface area contributed by atoms with Crippen LogP contribution in [0.15, 0.2) is 29.1 Å². The molecule has 2 rings (SSSR count). The van der Waals surface area contributed by atoms with Gasteiger partial charge in [-0.1, -0.05) is 6.07 Å². The lowest BCUT2D eigenvalue weighted by Gasteiger charge is -2.12. The van der Waals surface area contributed by atoms with E-state index in [1.807, 2.05) is 12.3 Å². The van der Waals surface area contributed by atoms with E-state index in [9.17, 15) is 4.79 Å². The number of carbonyl (C=O) groups excluding carboxylic acids is 1. The zero-order valence-electron chi connectivity index (χ0n) is 11.3. The first kappa shape index (κ1) is 14.3. The monoisotopic (exact) mass is 291 g/mol. The number of aromatic nitrogens is 1. The first-order valence-corrected chi connectivity index (χ1v) is 7.33. The Hall–Kier alpha value is -2.08. The van der Waals surface area contributed by atoms with Crippen LogP contribution in [0.1, 0.15) is 23.0 Å². The van der Waals surface area contributed by atoms with Crippen LogP contribution >= 0.6 is 11.3 Å². The minimum atomic E-state index is -0.221. The van der Waals surface area contributed by atoms with Crippen molar-refractivity contribution in [3.8, 4) is 5.75 Å². The molecule has 1 heterocycles. The van der Waals surface area contributed by atoms with E-state index in [2.05, 4.69) is 10.3 Å². The van der Waals surface area contributed by atoms with Crippen molar-refractivity contribution >= 4 is 22.9 Å². The molecule has 0 spiro atoms. The number of hydrogen-bond donors (Lipinski definition) is 2. The fourth-order valence-electron chi connectivity index (χ4n) is 1.82. The van der Waals surface area contributed by atoms with Crippen molar-refractivity contribution in [3.05, 3.63) is 40.3 Å². The number of ether oxygens (including phenoxy) is 1. The molecular formula is C14H17N3O2S. The third kappa shape index (κ3) is 3.48. The molecule has 0 unspecified atom stereocenters. The second-order valence-electron chi connectivity index (χ2n) is 4.14. The van der Waals surface area contributed by atoms with E-state index in [-0.39, 0.29) is 5.91 Å². The number of amides is 1. The number of benzene rings is 1. The fraction of sp³-hybridized carbons (Fsp3) is 0.286. The normalized spacial score (nSPS) is 10.2. The van der Waals surface area contributed by atoms with E-state index in [4.69, 9.17) is 10.5 Å². The molecule has 1 aromatic heterocycles. The highest BCUT2D eigenvalue weighted by atomic mass is 32.1. The Morgan fingerprint density at radius 2 is 2.35 bits per heavy atom. The summed E-state index contributed by atoms with van der Waals surface area (Å²) >= 11 is 1.54. The predicted molar refractivity (Wildman–Crippen MR) is 80.2 cm³/mol. The van der Waals surface area contributed by atoms with Gasteiger partial charge in [0.25, 0.3) is 5.91 Å². The van der Waals surface area contributed by atoms with Crippen molar-refractivity contribution < 1.29 is 9.53 Å². The summed E-state index contributed by atoms with van der Waals surface area (Å²) in [5, 5.41) is 4.81. The molecule has 2 aromatic rings. The molecule has 106 valence electrons. The third-order valence-corrected chi connectivity index (χ3v) is 3.37. The van der Waals surface area contributed by atoms with Gasteiger partial charge in [0.15, 0.2) is 0 Å². The van der Waals surface area contributed by atoms with Gasteiger partial charge in [0.1, 0.15) is 11.3 Å². The summed E-state index contributed by atoms with van der Waals surface area (Å²) in [5.74, 6) is 0.292.